The first-order valence-electron chi connectivity index (χ1n) is 9.28. The SMILES string of the molecule is NC(=O)C1CCCN(CCCNC(=O)c2ccc(-c3cc(Cl)cc(Cl)c3)s2)C1. The van der Waals surface area contributed by atoms with E-state index in [1.165, 1.54) is 11.3 Å². The van der Waals surface area contributed by atoms with Crippen molar-refractivity contribution >= 4 is 46.4 Å². The van der Waals surface area contributed by atoms with Gasteiger partial charge in [0.2, 0.25) is 5.91 Å². The van der Waals surface area contributed by atoms with E-state index < -0.39 is 0 Å². The zero-order chi connectivity index (χ0) is 20.1. The van der Waals surface area contributed by atoms with E-state index in [-0.39, 0.29) is 17.7 Å². The van der Waals surface area contributed by atoms with Crippen LogP contribution in [-0.4, -0.2) is 42.9 Å². The van der Waals surface area contributed by atoms with Crippen LogP contribution in [0.25, 0.3) is 10.4 Å². The van der Waals surface area contributed by atoms with Gasteiger partial charge in [0, 0.05) is 28.0 Å². The number of thiophene rings is 1. The third-order valence-electron chi connectivity index (χ3n) is 4.82. The van der Waals surface area contributed by atoms with Crippen LogP contribution in [-0.2, 0) is 4.79 Å². The van der Waals surface area contributed by atoms with E-state index in [1.807, 2.05) is 24.3 Å². The van der Waals surface area contributed by atoms with Crippen LogP contribution in [0.3, 0.4) is 0 Å². The van der Waals surface area contributed by atoms with E-state index in [9.17, 15) is 9.59 Å². The summed E-state index contributed by atoms with van der Waals surface area (Å²) in [6, 6.07) is 9.06. The molecule has 1 aliphatic rings. The molecule has 5 nitrogen and oxygen atoms in total. The van der Waals surface area contributed by atoms with Crippen molar-refractivity contribution in [1.29, 1.82) is 0 Å². The lowest BCUT2D eigenvalue weighted by Crippen LogP contribution is -2.42. The van der Waals surface area contributed by atoms with E-state index in [0.717, 1.165) is 49.3 Å². The molecule has 1 fully saturated rings. The molecule has 0 spiro atoms. The van der Waals surface area contributed by atoms with Crippen LogP contribution in [0.5, 0.6) is 0 Å². The van der Waals surface area contributed by atoms with Gasteiger partial charge in [-0.25, -0.2) is 0 Å². The molecule has 3 rings (SSSR count). The number of halogens is 2. The molecular formula is C20H23Cl2N3O2S. The Balaban J connectivity index is 1.47. The van der Waals surface area contributed by atoms with Gasteiger partial charge in [0.15, 0.2) is 0 Å². The molecule has 3 N–H and O–H groups in total. The first-order chi connectivity index (χ1) is 13.4. The van der Waals surface area contributed by atoms with Gasteiger partial charge in [-0.1, -0.05) is 23.2 Å². The molecule has 150 valence electrons. The minimum absolute atomic E-state index is 0.0483. The van der Waals surface area contributed by atoms with Crippen molar-refractivity contribution in [3.05, 3.63) is 45.3 Å². The highest BCUT2D eigenvalue weighted by Crippen LogP contribution is 2.32. The van der Waals surface area contributed by atoms with E-state index in [2.05, 4.69) is 10.2 Å². The Morgan fingerprint density at radius 2 is 1.96 bits per heavy atom. The van der Waals surface area contributed by atoms with Crippen LogP contribution < -0.4 is 11.1 Å². The summed E-state index contributed by atoms with van der Waals surface area (Å²) in [4.78, 5) is 27.6. The molecule has 1 saturated heterocycles. The molecule has 2 aromatic rings. The van der Waals surface area contributed by atoms with Crippen molar-refractivity contribution in [1.82, 2.24) is 10.2 Å². The number of piperidine rings is 1. The minimum Gasteiger partial charge on any atom is -0.369 e. The van der Waals surface area contributed by atoms with Gasteiger partial charge in [0.25, 0.3) is 5.91 Å². The zero-order valence-electron chi connectivity index (χ0n) is 15.4. The molecule has 0 saturated carbocycles. The molecule has 1 atom stereocenters. The van der Waals surface area contributed by atoms with Crippen LogP contribution >= 0.6 is 34.5 Å². The third-order valence-corrected chi connectivity index (χ3v) is 6.39. The number of amides is 2. The summed E-state index contributed by atoms with van der Waals surface area (Å²) < 4.78 is 0. The number of hydrogen-bond acceptors (Lipinski definition) is 4. The van der Waals surface area contributed by atoms with Crippen molar-refractivity contribution in [2.24, 2.45) is 11.7 Å². The lowest BCUT2D eigenvalue weighted by Gasteiger charge is -2.31. The monoisotopic (exact) mass is 439 g/mol. The van der Waals surface area contributed by atoms with Gasteiger partial charge in [-0.15, -0.1) is 11.3 Å². The van der Waals surface area contributed by atoms with Crippen molar-refractivity contribution in [2.75, 3.05) is 26.2 Å². The lowest BCUT2D eigenvalue weighted by atomic mass is 9.97. The zero-order valence-corrected chi connectivity index (χ0v) is 17.7. The highest BCUT2D eigenvalue weighted by atomic mass is 35.5. The quantitative estimate of drug-likeness (QED) is 0.639. The fourth-order valence-electron chi connectivity index (χ4n) is 3.39. The molecule has 0 aliphatic carbocycles. The number of nitrogens with zero attached hydrogens (tertiary/aromatic N) is 1. The highest BCUT2D eigenvalue weighted by molar-refractivity contribution is 7.17. The maximum absolute atomic E-state index is 12.4. The molecule has 0 radical (unpaired) electrons. The number of benzene rings is 1. The molecule has 2 heterocycles. The second-order valence-electron chi connectivity index (χ2n) is 6.97. The molecule has 28 heavy (non-hydrogen) atoms. The third kappa shape index (κ3) is 5.70. The molecular weight excluding hydrogens is 417 g/mol. The summed E-state index contributed by atoms with van der Waals surface area (Å²) in [5.41, 5.74) is 6.31. The minimum atomic E-state index is -0.215. The Hall–Kier alpha value is -1.60. The number of nitrogens with two attached hydrogens (primary N) is 1. The number of primary amides is 1. The molecule has 1 aromatic heterocycles. The number of rotatable bonds is 7. The predicted octanol–water partition coefficient (Wildman–Crippen LogP) is 4.04. The van der Waals surface area contributed by atoms with Crippen LogP contribution in [0.2, 0.25) is 10.0 Å². The number of nitrogens with one attached hydrogen (secondary N) is 1. The largest absolute Gasteiger partial charge is 0.369 e. The Morgan fingerprint density at radius 1 is 1.21 bits per heavy atom. The first-order valence-corrected chi connectivity index (χ1v) is 10.9. The van der Waals surface area contributed by atoms with E-state index in [1.54, 1.807) is 6.07 Å². The molecule has 8 heteroatoms. The van der Waals surface area contributed by atoms with Gasteiger partial charge in [-0.2, -0.15) is 0 Å². The van der Waals surface area contributed by atoms with Crippen molar-refractivity contribution in [2.45, 2.75) is 19.3 Å². The molecule has 1 aliphatic heterocycles. The smallest absolute Gasteiger partial charge is 0.261 e. The second kappa shape index (κ2) is 9.74. The second-order valence-corrected chi connectivity index (χ2v) is 8.93. The van der Waals surface area contributed by atoms with E-state index in [0.29, 0.717) is 21.5 Å². The summed E-state index contributed by atoms with van der Waals surface area (Å²) in [6.45, 7) is 3.14. The Kier molecular flexibility index (Phi) is 7.35. The van der Waals surface area contributed by atoms with E-state index >= 15 is 0 Å². The van der Waals surface area contributed by atoms with Crippen molar-refractivity contribution < 1.29 is 9.59 Å². The maximum atomic E-state index is 12.4. The van der Waals surface area contributed by atoms with Crippen molar-refractivity contribution in [3.63, 3.8) is 0 Å². The number of carbonyl (C=O) groups is 2. The van der Waals surface area contributed by atoms with Crippen LogP contribution in [0, 0.1) is 5.92 Å². The summed E-state index contributed by atoms with van der Waals surface area (Å²) in [6.07, 6.45) is 2.70. The van der Waals surface area contributed by atoms with E-state index in [4.69, 9.17) is 28.9 Å². The van der Waals surface area contributed by atoms with Gasteiger partial charge in [0.05, 0.1) is 10.8 Å². The fourth-order valence-corrected chi connectivity index (χ4v) is 4.83. The highest BCUT2D eigenvalue weighted by Gasteiger charge is 2.23. The Bertz CT molecular complexity index is 835. The van der Waals surface area contributed by atoms with Crippen LogP contribution in [0.1, 0.15) is 28.9 Å². The molecule has 1 unspecified atom stereocenters. The summed E-state index contributed by atoms with van der Waals surface area (Å²) in [5, 5.41) is 4.10. The van der Waals surface area contributed by atoms with Gasteiger partial charge in [-0.3, -0.25) is 9.59 Å². The van der Waals surface area contributed by atoms with Crippen LogP contribution in [0.15, 0.2) is 30.3 Å². The van der Waals surface area contributed by atoms with Gasteiger partial charge in [0.1, 0.15) is 0 Å². The maximum Gasteiger partial charge on any atom is 0.261 e. The topological polar surface area (TPSA) is 75.4 Å². The molecule has 2 amide bonds. The lowest BCUT2D eigenvalue weighted by molar-refractivity contribution is -0.123. The average Bonchev–Trinajstić information content (AvgIpc) is 3.15. The number of likely N-dealkylation sites (tertiary alicyclic amines) is 1. The first kappa shape index (κ1) is 21.1. The van der Waals surface area contributed by atoms with Gasteiger partial charge < -0.3 is 16.0 Å². The Morgan fingerprint density at radius 3 is 2.68 bits per heavy atom. The average molecular weight is 440 g/mol. The Labute approximate surface area is 178 Å². The summed E-state index contributed by atoms with van der Waals surface area (Å²) >= 11 is 13.5. The molecule has 1 aromatic carbocycles. The molecule has 0 bridgehead atoms. The summed E-state index contributed by atoms with van der Waals surface area (Å²) in [5.74, 6) is -0.349. The standard InChI is InChI=1S/C20H23Cl2N3O2S/c21-15-9-14(10-16(22)11-15)17-4-5-18(28-17)20(27)24-6-2-8-25-7-1-3-13(12-25)19(23)26/h4-5,9-11,13H,1-3,6-8,12H2,(H2,23,26)(H,24,27). The van der Waals surface area contributed by atoms with Gasteiger partial charge in [-0.05, 0) is 68.2 Å². The number of carbonyl (C=O) groups excluding carboxylic acids is 2. The summed E-state index contributed by atoms with van der Waals surface area (Å²) in [7, 11) is 0. The van der Waals surface area contributed by atoms with Crippen LogP contribution in [0.4, 0.5) is 0 Å². The number of hydrogen-bond donors (Lipinski definition) is 2. The predicted molar refractivity (Wildman–Crippen MR) is 115 cm³/mol. The van der Waals surface area contributed by atoms with Crippen molar-refractivity contribution in [3.8, 4) is 10.4 Å². The normalized spacial score (nSPS) is 17.4. The fraction of sp³-hybridized carbons (Fsp3) is 0.400. The van der Waals surface area contributed by atoms with Gasteiger partial charge >= 0.3 is 0 Å².